The lowest BCUT2D eigenvalue weighted by atomic mass is 9.97. The molecule has 5 heteroatoms. The second-order valence-corrected chi connectivity index (χ2v) is 6.18. The lowest BCUT2D eigenvalue weighted by molar-refractivity contribution is -0.124. The van der Waals surface area contributed by atoms with E-state index < -0.39 is 0 Å². The number of piperidine rings is 1. The number of para-hydroxylation sites is 1. The monoisotopic (exact) mass is 299 g/mol. The van der Waals surface area contributed by atoms with Crippen molar-refractivity contribution < 1.29 is 4.79 Å². The van der Waals surface area contributed by atoms with Crippen molar-refractivity contribution in [2.45, 2.75) is 12.8 Å². The summed E-state index contributed by atoms with van der Waals surface area (Å²) in [5, 5.41) is 3.79. The van der Waals surface area contributed by atoms with Gasteiger partial charge in [0.25, 0.3) is 0 Å². The Hall–Kier alpha value is -2.06. The molecular weight excluding hydrogens is 282 g/mol. The molecule has 0 bridgehead atoms. The van der Waals surface area contributed by atoms with Gasteiger partial charge in [-0.2, -0.15) is 0 Å². The van der Waals surface area contributed by atoms with Crippen LogP contribution in [0.25, 0.3) is 10.2 Å². The number of hydrogen-bond donors (Lipinski definition) is 1. The van der Waals surface area contributed by atoms with Gasteiger partial charge in [0.1, 0.15) is 0 Å². The number of amides is 1. The number of fused-ring (bicyclic) bond motifs is 1. The molecule has 1 unspecified atom stereocenters. The van der Waals surface area contributed by atoms with Gasteiger partial charge < -0.3 is 10.2 Å². The summed E-state index contributed by atoms with van der Waals surface area (Å²) in [5.74, 6) is 2.50. The lowest BCUT2D eigenvalue weighted by Gasteiger charge is -2.31. The maximum Gasteiger partial charge on any atom is 0.225 e. The van der Waals surface area contributed by atoms with E-state index in [1.807, 2.05) is 18.2 Å². The van der Waals surface area contributed by atoms with Gasteiger partial charge in [0.05, 0.1) is 22.7 Å². The third-order valence-electron chi connectivity index (χ3n) is 3.71. The van der Waals surface area contributed by atoms with Crippen molar-refractivity contribution in [1.29, 1.82) is 0 Å². The number of carbonyl (C=O) groups excluding carboxylic acids is 1. The van der Waals surface area contributed by atoms with Crippen LogP contribution in [0.1, 0.15) is 12.8 Å². The van der Waals surface area contributed by atoms with Crippen LogP contribution in [0.3, 0.4) is 0 Å². The summed E-state index contributed by atoms with van der Waals surface area (Å²) >= 11 is 1.69. The molecule has 0 aliphatic carbocycles. The van der Waals surface area contributed by atoms with E-state index in [9.17, 15) is 4.79 Å². The molecule has 1 aromatic carbocycles. The Balaban J connectivity index is 1.73. The van der Waals surface area contributed by atoms with Crippen LogP contribution >= 0.6 is 11.3 Å². The van der Waals surface area contributed by atoms with E-state index >= 15 is 0 Å². The predicted molar refractivity (Wildman–Crippen MR) is 86.4 cm³/mol. The van der Waals surface area contributed by atoms with E-state index in [0.717, 1.165) is 36.6 Å². The first-order valence-electron chi connectivity index (χ1n) is 7.09. The number of hydrogen-bond acceptors (Lipinski definition) is 4. The van der Waals surface area contributed by atoms with Crippen LogP contribution in [-0.2, 0) is 4.79 Å². The number of carbonyl (C=O) groups is 1. The zero-order valence-electron chi connectivity index (χ0n) is 11.7. The Morgan fingerprint density at radius 2 is 2.38 bits per heavy atom. The highest BCUT2D eigenvalue weighted by molar-refractivity contribution is 7.22. The Morgan fingerprint density at radius 1 is 1.52 bits per heavy atom. The fraction of sp³-hybridized carbons (Fsp3) is 0.375. The molecule has 2 aromatic rings. The average molecular weight is 299 g/mol. The second kappa shape index (κ2) is 6.15. The quantitative estimate of drug-likeness (QED) is 0.884. The van der Waals surface area contributed by atoms with Crippen molar-refractivity contribution in [1.82, 2.24) is 10.3 Å². The Labute approximate surface area is 128 Å². The zero-order chi connectivity index (χ0) is 14.7. The van der Waals surface area contributed by atoms with Gasteiger partial charge in [0, 0.05) is 13.1 Å². The standard InChI is InChI=1S/C16H17N3OS/c1-2-9-17-15(20)12-6-5-10-19(11-12)16-18-13-7-3-4-8-14(13)21-16/h1,3-4,7-8,12H,5-6,9-11H2,(H,17,20). The number of rotatable bonds is 3. The van der Waals surface area contributed by atoms with Gasteiger partial charge in [-0.25, -0.2) is 4.98 Å². The van der Waals surface area contributed by atoms with Crippen LogP contribution in [0.15, 0.2) is 24.3 Å². The highest BCUT2D eigenvalue weighted by atomic mass is 32.1. The van der Waals surface area contributed by atoms with E-state index in [0.29, 0.717) is 6.54 Å². The number of aromatic nitrogens is 1. The topological polar surface area (TPSA) is 45.2 Å². The molecule has 0 spiro atoms. The van der Waals surface area contributed by atoms with E-state index in [1.54, 1.807) is 11.3 Å². The highest BCUT2D eigenvalue weighted by Crippen LogP contribution is 2.31. The van der Waals surface area contributed by atoms with E-state index in [4.69, 9.17) is 6.42 Å². The number of anilines is 1. The molecule has 1 aliphatic heterocycles. The first-order chi connectivity index (χ1) is 10.3. The van der Waals surface area contributed by atoms with E-state index in [-0.39, 0.29) is 11.8 Å². The average Bonchev–Trinajstić information content (AvgIpc) is 2.97. The Kier molecular flexibility index (Phi) is 4.07. The van der Waals surface area contributed by atoms with Crippen molar-refractivity contribution in [3.05, 3.63) is 24.3 Å². The van der Waals surface area contributed by atoms with E-state index in [2.05, 4.69) is 27.2 Å². The molecule has 0 radical (unpaired) electrons. The van der Waals surface area contributed by atoms with Crippen molar-refractivity contribution in [3.63, 3.8) is 0 Å². The minimum atomic E-state index is -0.000822. The van der Waals surface area contributed by atoms with Crippen molar-refractivity contribution in [2.75, 3.05) is 24.5 Å². The third-order valence-corrected chi connectivity index (χ3v) is 4.81. The SMILES string of the molecule is C#CCNC(=O)C1CCCN(c2nc3ccccc3s2)C1. The van der Waals surface area contributed by atoms with Crippen molar-refractivity contribution in [2.24, 2.45) is 5.92 Å². The molecule has 2 heterocycles. The summed E-state index contributed by atoms with van der Waals surface area (Å²) in [6.07, 6.45) is 7.10. The van der Waals surface area contributed by atoms with Crippen LogP contribution in [0.5, 0.6) is 0 Å². The minimum Gasteiger partial charge on any atom is -0.347 e. The molecule has 1 saturated heterocycles. The predicted octanol–water partition coefficient (Wildman–Crippen LogP) is 2.26. The summed E-state index contributed by atoms with van der Waals surface area (Å²) in [5.41, 5.74) is 1.02. The third kappa shape index (κ3) is 3.01. The van der Waals surface area contributed by atoms with Gasteiger partial charge >= 0.3 is 0 Å². The first-order valence-corrected chi connectivity index (χ1v) is 7.91. The highest BCUT2D eigenvalue weighted by Gasteiger charge is 2.27. The van der Waals surface area contributed by atoms with Gasteiger partial charge in [0.2, 0.25) is 5.91 Å². The summed E-state index contributed by atoms with van der Waals surface area (Å²) in [6.45, 7) is 1.98. The lowest BCUT2D eigenvalue weighted by Crippen LogP contribution is -2.43. The van der Waals surface area contributed by atoms with E-state index in [1.165, 1.54) is 4.70 Å². The van der Waals surface area contributed by atoms with Crippen LogP contribution in [0.4, 0.5) is 5.13 Å². The van der Waals surface area contributed by atoms with Crippen LogP contribution in [0, 0.1) is 18.3 Å². The summed E-state index contributed by atoms with van der Waals surface area (Å²) < 4.78 is 1.19. The molecule has 108 valence electrons. The fourth-order valence-corrected chi connectivity index (χ4v) is 3.64. The van der Waals surface area contributed by atoms with Crippen LogP contribution < -0.4 is 10.2 Å². The molecule has 1 amide bonds. The number of nitrogens with zero attached hydrogens (tertiary/aromatic N) is 2. The van der Waals surface area contributed by atoms with Gasteiger partial charge in [-0.1, -0.05) is 29.4 Å². The Morgan fingerprint density at radius 3 is 3.19 bits per heavy atom. The van der Waals surface area contributed by atoms with Gasteiger partial charge in [-0.05, 0) is 25.0 Å². The number of terminal acetylenes is 1. The molecule has 21 heavy (non-hydrogen) atoms. The van der Waals surface area contributed by atoms with Gasteiger partial charge in [0.15, 0.2) is 5.13 Å². The minimum absolute atomic E-state index is 0.000822. The molecule has 3 rings (SSSR count). The molecule has 1 aliphatic rings. The van der Waals surface area contributed by atoms with Crippen LogP contribution in [-0.4, -0.2) is 30.5 Å². The maximum atomic E-state index is 12.1. The number of thiazole rings is 1. The van der Waals surface area contributed by atoms with Gasteiger partial charge in [-0.15, -0.1) is 6.42 Å². The summed E-state index contributed by atoms with van der Waals surface area (Å²) in [4.78, 5) is 18.9. The Bertz CT molecular complexity index is 655. The summed E-state index contributed by atoms with van der Waals surface area (Å²) in [7, 11) is 0. The molecule has 4 nitrogen and oxygen atoms in total. The van der Waals surface area contributed by atoms with Crippen molar-refractivity contribution >= 4 is 32.6 Å². The molecule has 0 saturated carbocycles. The maximum absolute atomic E-state index is 12.1. The molecule has 1 N–H and O–H groups in total. The molecule has 1 aromatic heterocycles. The van der Waals surface area contributed by atoms with Crippen molar-refractivity contribution in [3.8, 4) is 12.3 Å². The fourth-order valence-electron chi connectivity index (χ4n) is 2.64. The number of nitrogens with one attached hydrogen (secondary N) is 1. The molecule has 1 fully saturated rings. The molecule has 1 atom stereocenters. The molecular formula is C16H17N3OS. The normalized spacial score (nSPS) is 18.4. The number of benzene rings is 1. The second-order valence-electron chi connectivity index (χ2n) is 5.17. The zero-order valence-corrected chi connectivity index (χ0v) is 12.5. The smallest absolute Gasteiger partial charge is 0.225 e. The first kappa shape index (κ1) is 13.9. The van der Waals surface area contributed by atoms with Crippen LogP contribution in [0.2, 0.25) is 0 Å². The van der Waals surface area contributed by atoms with Gasteiger partial charge in [-0.3, -0.25) is 4.79 Å². The summed E-state index contributed by atoms with van der Waals surface area (Å²) in [6, 6.07) is 8.13. The largest absolute Gasteiger partial charge is 0.347 e.